The fourth-order valence-electron chi connectivity index (χ4n) is 1.62. The van der Waals surface area contributed by atoms with E-state index >= 15 is 0 Å². The van der Waals surface area contributed by atoms with Gasteiger partial charge in [-0.05, 0) is 20.1 Å². The molecule has 0 aliphatic carbocycles. The number of nitrogen functional groups attached to an aromatic ring is 1. The van der Waals surface area contributed by atoms with Crippen molar-refractivity contribution in [1.29, 1.82) is 0 Å². The Morgan fingerprint density at radius 2 is 2.20 bits per heavy atom. The smallest absolute Gasteiger partial charge is 0.358 e. The van der Waals surface area contributed by atoms with Crippen LogP contribution in [0, 0.1) is 6.92 Å². The highest BCUT2D eigenvalue weighted by atomic mass is 32.2. The number of hydrogen-bond donors (Lipinski definition) is 1. The zero-order valence-electron chi connectivity index (χ0n) is 11.5. The molecule has 2 aromatic heterocycles. The van der Waals surface area contributed by atoms with Gasteiger partial charge in [0.15, 0.2) is 11.5 Å². The molecule has 106 valence electrons. The van der Waals surface area contributed by atoms with E-state index in [0.717, 1.165) is 5.03 Å². The lowest BCUT2D eigenvalue weighted by atomic mass is 10.4. The summed E-state index contributed by atoms with van der Waals surface area (Å²) >= 11 is 1.49. The highest BCUT2D eigenvalue weighted by Gasteiger charge is 2.16. The van der Waals surface area contributed by atoms with Crippen molar-refractivity contribution in [3.63, 3.8) is 0 Å². The first-order chi connectivity index (χ1) is 9.55. The van der Waals surface area contributed by atoms with Crippen molar-refractivity contribution in [3.8, 4) is 5.82 Å². The molecule has 0 aliphatic heterocycles. The number of thioether (sulfide) groups is 1. The highest BCUT2D eigenvalue weighted by molar-refractivity contribution is 7.98. The zero-order chi connectivity index (χ0) is 14.7. The SMILES string of the molecule is CCOC(=O)c1cc(N)n(-c2cc(SC)nc(C)n2)n1. The Morgan fingerprint density at radius 1 is 1.45 bits per heavy atom. The summed E-state index contributed by atoms with van der Waals surface area (Å²) < 4.78 is 6.30. The Bertz CT molecular complexity index is 641. The van der Waals surface area contributed by atoms with Gasteiger partial charge in [0.2, 0.25) is 0 Å². The van der Waals surface area contributed by atoms with Gasteiger partial charge < -0.3 is 10.5 Å². The zero-order valence-corrected chi connectivity index (χ0v) is 12.3. The van der Waals surface area contributed by atoms with Crippen LogP contribution in [0.1, 0.15) is 23.2 Å². The Hall–Kier alpha value is -2.09. The van der Waals surface area contributed by atoms with E-state index in [1.807, 2.05) is 6.26 Å². The van der Waals surface area contributed by atoms with Crippen LogP contribution in [0.3, 0.4) is 0 Å². The van der Waals surface area contributed by atoms with Gasteiger partial charge in [-0.25, -0.2) is 14.8 Å². The third kappa shape index (κ3) is 2.90. The van der Waals surface area contributed by atoms with Gasteiger partial charge in [0.25, 0.3) is 0 Å². The minimum atomic E-state index is -0.506. The van der Waals surface area contributed by atoms with E-state index in [0.29, 0.717) is 17.5 Å². The first-order valence-corrected chi connectivity index (χ1v) is 7.20. The molecule has 0 radical (unpaired) electrons. The first-order valence-electron chi connectivity index (χ1n) is 5.98. The molecule has 8 heteroatoms. The molecule has 0 aliphatic rings. The topological polar surface area (TPSA) is 95.9 Å². The second kappa shape index (κ2) is 5.91. The summed E-state index contributed by atoms with van der Waals surface area (Å²) in [5.74, 6) is 0.946. The summed E-state index contributed by atoms with van der Waals surface area (Å²) in [5.41, 5.74) is 6.03. The number of nitrogens with zero attached hydrogens (tertiary/aromatic N) is 4. The molecule has 0 saturated carbocycles. The molecule has 0 spiro atoms. The van der Waals surface area contributed by atoms with Crippen molar-refractivity contribution in [1.82, 2.24) is 19.7 Å². The van der Waals surface area contributed by atoms with Gasteiger partial charge >= 0.3 is 5.97 Å². The van der Waals surface area contributed by atoms with Crippen LogP contribution in [0.15, 0.2) is 17.2 Å². The standard InChI is InChI=1S/C12H15N5O2S/c1-4-19-12(18)8-5-9(13)17(16-8)10-6-11(20-3)15-7(2)14-10/h5-6H,4,13H2,1-3H3. The first kappa shape index (κ1) is 14.3. The third-order valence-corrected chi connectivity index (χ3v) is 3.08. The minimum Gasteiger partial charge on any atom is -0.461 e. The van der Waals surface area contributed by atoms with E-state index in [4.69, 9.17) is 10.5 Å². The number of carbonyl (C=O) groups excluding carboxylic acids is 1. The van der Waals surface area contributed by atoms with Gasteiger partial charge in [-0.1, -0.05) is 0 Å². The van der Waals surface area contributed by atoms with Gasteiger partial charge in [0.1, 0.15) is 16.7 Å². The van der Waals surface area contributed by atoms with E-state index in [-0.39, 0.29) is 12.3 Å². The third-order valence-electron chi connectivity index (χ3n) is 2.45. The van der Waals surface area contributed by atoms with Crippen LogP contribution in [-0.4, -0.2) is 38.6 Å². The Labute approximate surface area is 120 Å². The van der Waals surface area contributed by atoms with Crippen LogP contribution in [0.25, 0.3) is 5.82 Å². The maximum absolute atomic E-state index is 11.6. The second-order valence-electron chi connectivity index (χ2n) is 3.90. The lowest BCUT2D eigenvalue weighted by Crippen LogP contribution is -2.09. The van der Waals surface area contributed by atoms with Crippen molar-refractivity contribution in [3.05, 3.63) is 23.7 Å². The number of hydrogen-bond acceptors (Lipinski definition) is 7. The molecule has 0 fully saturated rings. The average molecular weight is 293 g/mol. The summed E-state index contributed by atoms with van der Waals surface area (Å²) in [7, 11) is 0. The summed E-state index contributed by atoms with van der Waals surface area (Å²) in [6, 6.07) is 3.23. The van der Waals surface area contributed by atoms with Crippen molar-refractivity contribution in [2.24, 2.45) is 0 Å². The van der Waals surface area contributed by atoms with Crippen LogP contribution in [0.5, 0.6) is 0 Å². The van der Waals surface area contributed by atoms with E-state index in [2.05, 4.69) is 15.1 Å². The van der Waals surface area contributed by atoms with E-state index in [1.54, 1.807) is 19.9 Å². The van der Waals surface area contributed by atoms with Crippen molar-refractivity contribution >= 4 is 23.5 Å². The van der Waals surface area contributed by atoms with Crippen molar-refractivity contribution in [2.45, 2.75) is 18.9 Å². The molecule has 0 saturated heterocycles. The molecule has 2 heterocycles. The molecule has 2 rings (SSSR count). The summed E-state index contributed by atoms with van der Waals surface area (Å²) in [6.07, 6.45) is 1.92. The number of nitrogens with two attached hydrogens (primary N) is 1. The van der Waals surface area contributed by atoms with Gasteiger partial charge in [0.05, 0.1) is 6.61 Å². The lowest BCUT2D eigenvalue weighted by Gasteiger charge is -2.05. The summed E-state index contributed by atoms with van der Waals surface area (Å²) in [6.45, 7) is 3.81. The molecular weight excluding hydrogens is 278 g/mol. The fraction of sp³-hybridized carbons (Fsp3) is 0.333. The van der Waals surface area contributed by atoms with Crippen molar-refractivity contribution in [2.75, 3.05) is 18.6 Å². The number of ether oxygens (including phenoxy) is 1. The quantitative estimate of drug-likeness (QED) is 0.517. The molecule has 20 heavy (non-hydrogen) atoms. The van der Waals surface area contributed by atoms with Crippen LogP contribution in [0.2, 0.25) is 0 Å². The van der Waals surface area contributed by atoms with Gasteiger partial charge in [-0.3, -0.25) is 0 Å². The number of aromatic nitrogens is 4. The summed E-state index contributed by atoms with van der Waals surface area (Å²) in [5, 5.41) is 4.94. The summed E-state index contributed by atoms with van der Waals surface area (Å²) in [4.78, 5) is 20.2. The number of carbonyl (C=O) groups is 1. The minimum absolute atomic E-state index is 0.159. The molecule has 0 amide bonds. The van der Waals surface area contributed by atoms with Gasteiger partial charge in [-0.2, -0.15) is 9.78 Å². The van der Waals surface area contributed by atoms with E-state index in [9.17, 15) is 4.79 Å². The normalized spacial score (nSPS) is 10.6. The molecular formula is C12H15N5O2S. The van der Waals surface area contributed by atoms with E-state index < -0.39 is 5.97 Å². The van der Waals surface area contributed by atoms with Crippen LogP contribution in [-0.2, 0) is 4.74 Å². The highest BCUT2D eigenvalue weighted by Crippen LogP contribution is 2.18. The fourth-order valence-corrected chi connectivity index (χ4v) is 2.07. The van der Waals surface area contributed by atoms with Crippen LogP contribution in [0.4, 0.5) is 5.82 Å². The maximum Gasteiger partial charge on any atom is 0.358 e. The predicted molar refractivity (Wildman–Crippen MR) is 76.0 cm³/mol. The number of anilines is 1. The van der Waals surface area contributed by atoms with Crippen molar-refractivity contribution < 1.29 is 9.53 Å². The molecule has 0 aromatic carbocycles. The molecule has 0 bridgehead atoms. The van der Waals surface area contributed by atoms with E-state index in [1.165, 1.54) is 22.5 Å². The Morgan fingerprint density at radius 3 is 2.85 bits per heavy atom. The van der Waals surface area contributed by atoms with Gasteiger partial charge in [-0.15, -0.1) is 11.8 Å². The Balaban J connectivity index is 2.43. The number of rotatable bonds is 4. The monoisotopic (exact) mass is 293 g/mol. The number of aryl methyl sites for hydroxylation is 1. The molecule has 7 nitrogen and oxygen atoms in total. The molecule has 2 N–H and O–H groups in total. The van der Waals surface area contributed by atoms with Gasteiger partial charge in [0, 0.05) is 12.1 Å². The number of esters is 1. The Kier molecular flexibility index (Phi) is 4.23. The van der Waals surface area contributed by atoms with Crippen LogP contribution >= 0.6 is 11.8 Å². The molecule has 2 aromatic rings. The maximum atomic E-state index is 11.6. The largest absolute Gasteiger partial charge is 0.461 e. The average Bonchev–Trinajstić information content (AvgIpc) is 2.80. The predicted octanol–water partition coefficient (Wildman–Crippen LogP) is 1.45. The molecule has 0 atom stereocenters. The van der Waals surface area contributed by atoms with Crippen LogP contribution < -0.4 is 5.73 Å². The lowest BCUT2D eigenvalue weighted by molar-refractivity contribution is 0.0519. The molecule has 0 unspecified atom stereocenters. The second-order valence-corrected chi connectivity index (χ2v) is 4.73.